The smallest absolute Gasteiger partial charge is 0.0616 e. The number of nitrogens with one attached hydrogen (secondary N) is 1. The van der Waals surface area contributed by atoms with Crippen molar-refractivity contribution >= 4 is 12.4 Å². The van der Waals surface area contributed by atoms with E-state index in [9.17, 15) is 0 Å². The van der Waals surface area contributed by atoms with Crippen LogP contribution in [-0.4, -0.2) is 23.8 Å². The highest BCUT2D eigenvalue weighted by Gasteiger charge is 2.54. The highest BCUT2D eigenvalue weighted by molar-refractivity contribution is 5.85. The van der Waals surface area contributed by atoms with Crippen molar-refractivity contribution in [1.82, 2.24) is 5.32 Å². The van der Waals surface area contributed by atoms with Crippen LogP contribution < -0.4 is 5.32 Å². The van der Waals surface area contributed by atoms with E-state index in [0.717, 1.165) is 12.5 Å². The van der Waals surface area contributed by atoms with Crippen LogP contribution in [0, 0.1) is 5.92 Å². The van der Waals surface area contributed by atoms with E-state index in [4.69, 9.17) is 5.11 Å². The topological polar surface area (TPSA) is 32.3 Å². The normalized spacial score (nSPS) is 43.5. The van der Waals surface area contributed by atoms with Gasteiger partial charge in [-0.25, -0.2) is 0 Å². The molecule has 0 radical (unpaired) electrons. The predicted octanol–water partition coefficient (Wildman–Crippen LogP) is 0.543. The van der Waals surface area contributed by atoms with Gasteiger partial charge in [-0.1, -0.05) is 0 Å². The lowest BCUT2D eigenvalue weighted by atomic mass is 10.1. The third-order valence-corrected chi connectivity index (χ3v) is 2.72. The third kappa shape index (κ3) is 1.04. The molecule has 2 atom stereocenters. The minimum absolute atomic E-state index is 0. The van der Waals surface area contributed by atoms with Gasteiger partial charge in [0.15, 0.2) is 0 Å². The van der Waals surface area contributed by atoms with Crippen LogP contribution in [0.15, 0.2) is 0 Å². The summed E-state index contributed by atoms with van der Waals surface area (Å²) in [4.78, 5) is 0. The van der Waals surface area contributed by atoms with E-state index in [1.165, 1.54) is 19.3 Å². The molecule has 0 amide bonds. The number of aliphatic hydroxyl groups is 1. The van der Waals surface area contributed by atoms with Crippen LogP contribution in [0.2, 0.25) is 0 Å². The average molecular weight is 164 g/mol. The van der Waals surface area contributed by atoms with Crippen LogP contribution in [0.3, 0.4) is 0 Å². The zero-order chi connectivity index (χ0) is 6.32. The van der Waals surface area contributed by atoms with E-state index in [0.29, 0.717) is 6.61 Å². The first-order valence-electron chi connectivity index (χ1n) is 3.73. The lowest BCUT2D eigenvalue weighted by Gasteiger charge is -2.20. The Balaban J connectivity index is 0.000000500. The van der Waals surface area contributed by atoms with Crippen LogP contribution in [0.25, 0.3) is 0 Å². The summed E-state index contributed by atoms with van der Waals surface area (Å²) in [6.07, 6.45) is 3.84. The summed E-state index contributed by atoms with van der Waals surface area (Å²) in [5.74, 6) is 0.802. The molecule has 0 spiro atoms. The molecule has 1 heterocycles. The van der Waals surface area contributed by atoms with E-state index in [1.54, 1.807) is 0 Å². The van der Waals surface area contributed by atoms with Gasteiger partial charge in [0.1, 0.15) is 0 Å². The summed E-state index contributed by atoms with van der Waals surface area (Å²) in [6, 6.07) is 0. The van der Waals surface area contributed by atoms with Gasteiger partial charge in [-0.15, -0.1) is 12.4 Å². The molecule has 10 heavy (non-hydrogen) atoms. The molecule has 1 saturated carbocycles. The highest BCUT2D eigenvalue weighted by atomic mass is 35.5. The number of aliphatic hydroxyl groups excluding tert-OH is 1. The summed E-state index contributed by atoms with van der Waals surface area (Å²) in [6.45, 7) is 1.45. The van der Waals surface area contributed by atoms with E-state index in [-0.39, 0.29) is 17.9 Å². The molecule has 1 saturated heterocycles. The van der Waals surface area contributed by atoms with Gasteiger partial charge in [0.05, 0.1) is 6.61 Å². The van der Waals surface area contributed by atoms with Crippen LogP contribution in [0.4, 0.5) is 0 Å². The monoisotopic (exact) mass is 163 g/mol. The first-order valence-corrected chi connectivity index (χ1v) is 3.73. The Morgan fingerprint density at radius 2 is 2.40 bits per heavy atom. The van der Waals surface area contributed by atoms with Crippen molar-refractivity contribution < 1.29 is 5.11 Å². The Morgan fingerprint density at radius 3 is 2.90 bits per heavy atom. The Hall–Kier alpha value is 0.210. The van der Waals surface area contributed by atoms with E-state index in [1.807, 2.05) is 0 Å². The molecule has 0 aromatic heterocycles. The summed E-state index contributed by atoms with van der Waals surface area (Å²) in [7, 11) is 0. The lowest BCUT2D eigenvalue weighted by molar-refractivity contribution is 0.205. The third-order valence-electron chi connectivity index (χ3n) is 2.72. The summed E-state index contributed by atoms with van der Waals surface area (Å²) < 4.78 is 0. The van der Waals surface area contributed by atoms with Gasteiger partial charge in [0.25, 0.3) is 0 Å². The fourth-order valence-corrected chi connectivity index (χ4v) is 1.91. The maximum Gasteiger partial charge on any atom is 0.0616 e. The molecule has 0 unspecified atom stereocenters. The standard InChI is InChI=1S/C7H13NO.ClH/c9-5-7-4-6(7)2-1-3-8-7;/h6,8-9H,1-5H2;1H/t6-,7-;/m1./s1. The molecule has 0 bridgehead atoms. The second-order valence-electron chi connectivity index (χ2n) is 3.28. The van der Waals surface area contributed by atoms with Crippen LogP contribution in [-0.2, 0) is 0 Å². The first-order chi connectivity index (χ1) is 4.37. The Kier molecular flexibility index (Phi) is 2.23. The number of hydrogen-bond donors (Lipinski definition) is 2. The largest absolute Gasteiger partial charge is 0.394 e. The summed E-state index contributed by atoms with van der Waals surface area (Å²) in [5, 5.41) is 12.3. The van der Waals surface area contributed by atoms with Crippen molar-refractivity contribution in [2.24, 2.45) is 5.92 Å². The van der Waals surface area contributed by atoms with Gasteiger partial charge >= 0.3 is 0 Å². The molecule has 1 aliphatic carbocycles. The average Bonchev–Trinajstić information content (AvgIpc) is 2.62. The van der Waals surface area contributed by atoms with Gasteiger partial charge in [-0.2, -0.15) is 0 Å². The summed E-state index contributed by atoms with van der Waals surface area (Å²) in [5.41, 5.74) is 0.193. The Morgan fingerprint density at radius 1 is 1.60 bits per heavy atom. The number of halogens is 1. The summed E-state index contributed by atoms with van der Waals surface area (Å²) >= 11 is 0. The van der Waals surface area contributed by atoms with Crippen LogP contribution in [0.1, 0.15) is 19.3 Å². The maximum atomic E-state index is 8.93. The number of piperidine rings is 1. The predicted molar refractivity (Wildman–Crippen MR) is 42.4 cm³/mol. The Bertz CT molecular complexity index is 131. The van der Waals surface area contributed by atoms with E-state index < -0.39 is 0 Å². The van der Waals surface area contributed by atoms with Gasteiger partial charge in [0, 0.05) is 5.54 Å². The molecule has 2 fully saturated rings. The molecule has 2 rings (SSSR count). The van der Waals surface area contributed by atoms with Crippen molar-refractivity contribution in [3.8, 4) is 0 Å². The SMILES string of the molecule is Cl.OC[C@]12C[C@H]1CCCN2. The first kappa shape index (κ1) is 8.31. The highest BCUT2D eigenvalue weighted by Crippen LogP contribution is 2.48. The van der Waals surface area contributed by atoms with E-state index >= 15 is 0 Å². The minimum atomic E-state index is 0. The molecule has 2 nitrogen and oxygen atoms in total. The van der Waals surface area contributed by atoms with Crippen LogP contribution >= 0.6 is 12.4 Å². The van der Waals surface area contributed by atoms with Gasteiger partial charge in [0.2, 0.25) is 0 Å². The molecule has 60 valence electrons. The van der Waals surface area contributed by atoms with Crippen molar-refractivity contribution in [1.29, 1.82) is 0 Å². The number of fused-ring (bicyclic) bond motifs is 1. The molecular weight excluding hydrogens is 150 g/mol. The number of rotatable bonds is 1. The second kappa shape index (κ2) is 2.68. The van der Waals surface area contributed by atoms with Crippen molar-refractivity contribution in [3.63, 3.8) is 0 Å². The fourth-order valence-electron chi connectivity index (χ4n) is 1.91. The van der Waals surface area contributed by atoms with Gasteiger partial charge in [-0.3, -0.25) is 0 Å². The zero-order valence-electron chi connectivity index (χ0n) is 5.97. The quantitative estimate of drug-likeness (QED) is 0.592. The van der Waals surface area contributed by atoms with Crippen molar-refractivity contribution in [2.45, 2.75) is 24.8 Å². The zero-order valence-corrected chi connectivity index (χ0v) is 6.78. The second-order valence-corrected chi connectivity index (χ2v) is 3.28. The van der Waals surface area contributed by atoms with Gasteiger partial charge in [-0.05, 0) is 31.7 Å². The minimum Gasteiger partial charge on any atom is -0.394 e. The number of hydrogen-bond acceptors (Lipinski definition) is 2. The lowest BCUT2D eigenvalue weighted by Crippen LogP contribution is -2.40. The maximum absolute atomic E-state index is 8.93. The van der Waals surface area contributed by atoms with Crippen molar-refractivity contribution in [2.75, 3.05) is 13.2 Å². The van der Waals surface area contributed by atoms with Crippen molar-refractivity contribution in [3.05, 3.63) is 0 Å². The molecule has 2 aliphatic rings. The van der Waals surface area contributed by atoms with E-state index in [2.05, 4.69) is 5.32 Å². The molecule has 2 N–H and O–H groups in total. The molecule has 3 heteroatoms. The van der Waals surface area contributed by atoms with Gasteiger partial charge < -0.3 is 10.4 Å². The molecule has 1 aliphatic heterocycles. The molecule has 0 aromatic carbocycles. The van der Waals surface area contributed by atoms with Crippen LogP contribution in [0.5, 0.6) is 0 Å². The molecular formula is C7H14ClNO. The fraction of sp³-hybridized carbons (Fsp3) is 1.00. The Labute approximate surface area is 67.4 Å². The molecule has 0 aromatic rings.